The minimum atomic E-state index is -5.61. The molecule has 1 aromatic heterocycles. The highest BCUT2D eigenvalue weighted by Crippen LogP contribution is 2.45. The van der Waals surface area contributed by atoms with Gasteiger partial charge in [0.25, 0.3) is 0 Å². The highest BCUT2D eigenvalue weighted by molar-refractivity contribution is 5.26. The standard InChI is InChI=1S/C10H12F5NO/c1-5-4-7(6(2)17-5)8(16-3)9(11,12)10(13,14)15/h4,8,16H,1-3H3. The van der Waals surface area contributed by atoms with Crippen molar-refractivity contribution in [1.82, 2.24) is 5.32 Å². The van der Waals surface area contributed by atoms with Gasteiger partial charge in [0, 0.05) is 5.56 Å². The molecule has 0 radical (unpaired) electrons. The average Bonchev–Trinajstić information content (AvgIpc) is 2.44. The van der Waals surface area contributed by atoms with E-state index in [9.17, 15) is 22.0 Å². The summed E-state index contributed by atoms with van der Waals surface area (Å²) in [5, 5.41) is 1.99. The van der Waals surface area contributed by atoms with E-state index < -0.39 is 18.1 Å². The summed E-state index contributed by atoms with van der Waals surface area (Å²) >= 11 is 0. The first kappa shape index (κ1) is 14.0. The highest BCUT2D eigenvalue weighted by Gasteiger charge is 2.62. The third-order valence-electron chi connectivity index (χ3n) is 2.42. The van der Waals surface area contributed by atoms with E-state index in [-0.39, 0.29) is 17.1 Å². The molecule has 0 aliphatic rings. The maximum Gasteiger partial charge on any atom is 0.455 e. The quantitative estimate of drug-likeness (QED) is 0.840. The van der Waals surface area contributed by atoms with Gasteiger partial charge in [-0.2, -0.15) is 22.0 Å². The molecule has 0 spiro atoms. The molecule has 1 aromatic rings. The number of furan rings is 1. The molecule has 0 aromatic carbocycles. The molecule has 1 rings (SSSR count). The van der Waals surface area contributed by atoms with E-state index in [0.29, 0.717) is 0 Å². The summed E-state index contributed by atoms with van der Waals surface area (Å²) in [6, 6.07) is -0.976. The van der Waals surface area contributed by atoms with Crippen molar-refractivity contribution in [1.29, 1.82) is 0 Å². The molecule has 1 N–H and O–H groups in total. The fourth-order valence-electron chi connectivity index (χ4n) is 1.63. The molecule has 0 aliphatic carbocycles. The number of hydrogen-bond acceptors (Lipinski definition) is 2. The molecule has 0 aliphatic heterocycles. The zero-order valence-corrected chi connectivity index (χ0v) is 9.45. The molecular formula is C10H12F5NO. The first-order chi connectivity index (χ1) is 7.61. The van der Waals surface area contributed by atoms with Gasteiger partial charge in [0.05, 0.1) is 0 Å². The van der Waals surface area contributed by atoms with Crippen LogP contribution >= 0.6 is 0 Å². The molecule has 0 saturated heterocycles. The Hall–Kier alpha value is -1.11. The van der Waals surface area contributed by atoms with Crippen molar-refractivity contribution in [2.24, 2.45) is 0 Å². The van der Waals surface area contributed by atoms with Gasteiger partial charge in [-0.25, -0.2) is 0 Å². The van der Waals surface area contributed by atoms with Gasteiger partial charge in [-0.1, -0.05) is 0 Å². The summed E-state index contributed by atoms with van der Waals surface area (Å²) in [6.45, 7) is 2.83. The van der Waals surface area contributed by atoms with Crippen molar-refractivity contribution in [2.45, 2.75) is 32.0 Å². The van der Waals surface area contributed by atoms with Crippen molar-refractivity contribution in [3.63, 3.8) is 0 Å². The number of nitrogens with one attached hydrogen (secondary N) is 1. The van der Waals surface area contributed by atoms with Crippen LogP contribution in [-0.2, 0) is 0 Å². The number of hydrogen-bond donors (Lipinski definition) is 1. The van der Waals surface area contributed by atoms with Gasteiger partial charge in [0.15, 0.2) is 0 Å². The smallest absolute Gasteiger partial charge is 0.455 e. The summed E-state index contributed by atoms with van der Waals surface area (Å²) in [6.07, 6.45) is -5.61. The lowest BCUT2D eigenvalue weighted by Crippen LogP contribution is -2.47. The van der Waals surface area contributed by atoms with Crippen LogP contribution < -0.4 is 5.32 Å². The highest BCUT2D eigenvalue weighted by atomic mass is 19.4. The Bertz CT molecular complexity index is 396. The fourth-order valence-corrected chi connectivity index (χ4v) is 1.63. The molecule has 1 atom stereocenters. The first-order valence-electron chi connectivity index (χ1n) is 4.80. The van der Waals surface area contributed by atoms with Crippen LogP contribution in [0.5, 0.6) is 0 Å². The van der Waals surface area contributed by atoms with E-state index in [1.165, 1.54) is 19.9 Å². The van der Waals surface area contributed by atoms with Crippen LogP contribution in [0.1, 0.15) is 23.1 Å². The van der Waals surface area contributed by atoms with Crippen LogP contribution in [0.4, 0.5) is 22.0 Å². The molecule has 2 nitrogen and oxygen atoms in total. The van der Waals surface area contributed by atoms with E-state index in [0.717, 1.165) is 7.05 Å². The molecule has 0 fully saturated rings. The predicted molar refractivity (Wildman–Crippen MR) is 51.0 cm³/mol. The Morgan fingerprint density at radius 1 is 1.18 bits per heavy atom. The summed E-state index contributed by atoms with van der Waals surface area (Å²) in [7, 11) is 1.05. The third kappa shape index (κ3) is 2.43. The lowest BCUT2D eigenvalue weighted by atomic mass is 10.0. The van der Waals surface area contributed by atoms with Crippen molar-refractivity contribution < 1.29 is 26.4 Å². The molecular weight excluding hydrogens is 245 g/mol. The zero-order chi connectivity index (χ0) is 13.4. The molecule has 0 amide bonds. The lowest BCUT2D eigenvalue weighted by molar-refractivity contribution is -0.294. The van der Waals surface area contributed by atoms with Gasteiger partial charge in [-0.3, -0.25) is 0 Å². The fraction of sp³-hybridized carbons (Fsp3) is 0.600. The van der Waals surface area contributed by atoms with Crippen molar-refractivity contribution in [3.8, 4) is 0 Å². The van der Waals surface area contributed by atoms with Crippen LogP contribution in [-0.4, -0.2) is 19.1 Å². The minimum absolute atomic E-state index is 0.0470. The lowest BCUT2D eigenvalue weighted by Gasteiger charge is -2.28. The van der Waals surface area contributed by atoms with Gasteiger partial charge in [0.2, 0.25) is 0 Å². The summed E-state index contributed by atoms with van der Waals surface area (Å²) in [4.78, 5) is 0. The molecule has 0 bridgehead atoms. The number of aryl methyl sites for hydroxylation is 2. The van der Waals surface area contributed by atoms with Crippen LogP contribution in [0.3, 0.4) is 0 Å². The molecule has 98 valence electrons. The second kappa shape index (κ2) is 4.29. The van der Waals surface area contributed by atoms with Gasteiger partial charge in [-0.05, 0) is 27.0 Å². The summed E-state index contributed by atoms with van der Waals surface area (Å²) in [5.74, 6) is -4.52. The number of alkyl halides is 5. The predicted octanol–water partition coefficient (Wildman–Crippen LogP) is 3.35. The Morgan fingerprint density at radius 3 is 2.00 bits per heavy atom. The Balaban J connectivity index is 3.21. The van der Waals surface area contributed by atoms with E-state index in [1.807, 2.05) is 5.32 Å². The summed E-state index contributed by atoms with van der Waals surface area (Å²) in [5.41, 5.74) is -0.188. The second-order valence-corrected chi connectivity index (χ2v) is 3.71. The minimum Gasteiger partial charge on any atom is -0.466 e. The zero-order valence-electron chi connectivity index (χ0n) is 9.45. The van der Waals surface area contributed by atoms with Crippen LogP contribution in [0, 0.1) is 13.8 Å². The maximum absolute atomic E-state index is 13.2. The molecule has 17 heavy (non-hydrogen) atoms. The van der Waals surface area contributed by atoms with Crippen LogP contribution in [0.2, 0.25) is 0 Å². The number of rotatable bonds is 3. The maximum atomic E-state index is 13.2. The van der Waals surface area contributed by atoms with E-state index in [2.05, 4.69) is 0 Å². The van der Waals surface area contributed by atoms with E-state index >= 15 is 0 Å². The Morgan fingerprint density at radius 2 is 1.71 bits per heavy atom. The average molecular weight is 257 g/mol. The van der Waals surface area contributed by atoms with Gasteiger partial charge >= 0.3 is 12.1 Å². The molecule has 1 heterocycles. The topological polar surface area (TPSA) is 25.2 Å². The van der Waals surface area contributed by atoms with Crippen molar-refractivity contribution in [3.05, 3.63) is 23.2 Å². The molecule has 7 heteroatoms. The third-order valence-corrected chi connectivity index (χ3v) is 2.42. The first-order valence-corrected chi connectivity index (χ1v) is 4.80. The largest absolute Gasteiger partial charge is 0.466 e. The Kier molecular flexibility index (Phi) is 3.52. The van der Waals surface area contributed by atoms with E-state index in [4.69, 9.17) is 4.42 Å². The SMILES string of the molecule is CNC(c1cc(C)oc1C)C(F)(F)C(F)(F)F. The van der Waals surface area contributed by atoms with Gasteiger partial charge < -0.3 is 9.73 Å². The second-order valence-electron chi connectivity index (χ2n) is 3.71. The van der Waals surface area contributed by atoms with E-state index in [1.54, 1.807) is 0 Å². The van der Waals surface area contributed by atoms with Crippen LogP contribution in [0.25, 0.3) is 0 Å². The van der Waals surface area contributed by atoms with Crippen molar-refractivity contribution in [2.75, 3.05) is 7.05 Å². The monoisotopic (exact) mass is 257 g/mol. The van der Waals surface area contributed by atoms with Crippen molar-refractivity contribution >= 4 is 0 Å². The normalized spacial score (nSPS) is 15.1. The molecule has 0 saturated carbocycles. The van der Waals surface area contributed by atoms with Gasteiger partial charge in [0.1, 0.15) is 17.6 Å². The molecule has 1 unspecified atom stereocenters. The van der Waals surface area contributed by atoms with Crippen LogP contribution in [0.15, 0.2) is 10.5 Å². The Labute approximate surface area is 94.8 Å². The van der Waals surface area contributed by atoms with Gasteiger partial charge in [-0.15, -0.1) is 0 Å². The summed E-state index contributed by atoms with van der Waals surface area (Å²) < 4.78 is 68.3. The number of halogens is 5.